The van der Waals surface area contributed by atoms with Crippen molar-refractivity contribution in [3.8, 4) is 0 Å². The average Bonchev–Trinajstić information content (AvgIpc) is 2.02. The minimum absolute atomic E-state index is 0.0928. The number of fused-ring (bicyclic) bond motifs is 1. The minimum Gasteiger partial charge on any atom is -0.360 e. The van der Waals surface area contributed by atoms with E-state index in [-0.39, 0.29) is 12.5 Å². The van der Waals surface area contributed by atoms with Gasteiger partial charge in [-0.25, -0.2) is 9.97 Å². The Morgan fingerprint density at radius 1 is 1.62 bits per heavy atom. The van der Waals surface area contributed by atoms with Crippen molar-refractivity contribution < 1.29 is 4.79 Å². The highest BCUT2D eigenvalue weighted by atomic mass is 35.5. The van der Waals surface area contributed by atoms with Gasteiger partial charge in [0.15, 0.2) is 11.0 Å². The number of anilines is 2. The number of hydrogen-bond donors (Lipinski definition) is 1. The molecule has 68 valence electrons. The van der Waals surface area contributed by atoms with Crippen molar-refractivity contribution in [1.82, 2.24) is 9.97 Å². The van der Waals surface area contributed by atoms with Gasteiger partial charge in [-0.15, -0.1) is 0 Å². The summed E-state index contributed by atoms with van der Waals surface area (Å²) >= 11 is 5.84. The molecule has 1 aliphatic rings. The number of nitrogens with one attached hydrogen (secondary N) is 1. The summed E-state index contributed by atoms with van der Waals surface area (Å²) in [7, 11) is 1.77. The predicted molar refractivity (Wildman–Crippen MR) is 48.9 cm³/mol. The Kier molecular flexibility index (Phi) is 1.81. The monoisotopic (exact) mass is 198 g/mol. The van der Waals surface area contributed by atoms with Gasteiger partial charge in [-0.05, 0) is 0 Å². The van der Waals surface area contributed by atoms with Crippen LogP contribution >= 0.6 is 11.6 Å². The van der Waals surface area contributed by atoms with Gasteiger partial charge < -0.3 is 10.2 Å². The molecule has 0 unspecified atom stereocenters. The summed E-state index contributed by atoms with van der Waals surface area (Å²) in [4.78, 5) is 20.6. The first-order valence-electron chi connectivity index (χ1n) is 3.70. The van der Waals surface area contributed by atoms with Gasteiger partial charge in [-0.3, -0.25) is 4.79 Å². The molecule has 1 aromatic rings. The van der Waals surface area contributed by atoms with Gasteiger partial charge in [0, 0.05) is 7.05 Å². The summed E-state index contributed by atoms with van der Waals surface area (Å²) in [6.07, 6.45) is 1.32. The number of nitrogens with zero attached hydrogens (tertiary/aromatic N) is 3. The predicted octanol–water partition coefficient (Wildman–Crippen LogP) is 0.518. The quantitative estimate of drug-likeness (QED) is 0.618. The number of rotatable bonds is 0. The largest absolute Gasteiger partial charge is 0.360 e. The van der Waals surface area contributed by atoms with E-state index in [4.69, 9.17) is 11.6 Å². The Bertz CT molecular complexity index is 368. The van der Waals surface area contributed by atoms with E-state index in [0.29, 0.717) is 16.7 Å². The van der Waals surface area contributed by atoms with Crippen molar-refractivity contribution in [3.05, 3.63) is 11.5 Å². The van der Waals surface area contributed by atoms with Crippen LogP contribution < -0.4 is 10.2 Å². The second-order valence-corrected chi connectivity index (χ2v) is 3.12. The number of hydrogen-bond acceptors (Lipinski definition) is 4. The van der Waals surface area contributed by atoms with Gasteiger partial charge in [-0.1, -0.05) is 11.6 Å². The van der Waals surface area contributed by atoms with Crippen LogP contribution in [0.3, 0.4) is 0 Å². The van der Waals surface area contributed by atoms with Gasteiger partial charge in [0.1, 0.15) is 12.0 Å². The number of carbonyl (C=O) groups is 1. The maximum absolute atomic E-state index is 11.1. The third-order valence-corrected chi connectivity index (χ3v) is 2.07. The SMILES string of the molecule is CN1CC(=O)Nc2ncnc(Cl)c21. The molecule has 1 N–H and O–H groups in total. The Labute approximate surface area is 79.7 Å². The molecule has 0 saturated carbocycles. The van der Waals surface area contributed by atoms with Crippen LogP contribution in [0.2, 0.25) is 5.15 Å². The molecule has 13 heavy (non-hydrogen) atoms. The van der Waals surface area contributed by atoms with Crippen molar-refractivity contribution in [2.75, 3.05) is 23.8 Å². The maximum atomic E-state index is 11.1. The molecule has 5 nitrogen and oxygen atoms in total. The number of halogens is 1. The highest BCUT2D eigenvalue weighted by Gasteiger charge is 2.22. The van der Waals surface area contributed by atoms with Crippen LogP contribution in [0.15, 0.2) is 6.33 Å². The second-order valence-electron chi connectivity index (χ2n) is 2.77. The Morgan fingerprint density at radius 2 is 2.38 bits per heavy atom. The molecule has 0 fully saturated rings. The van der Waals surface area contributed by atoms with Crippen LogP contribution in [-0.2, 0) is 4.79 Å². The van der Waals surface area contributed by atoms with Crippen LogP contribution in [0, 0.1) is 0 Å². The zero-order chi connectivity index (χ0) is 9.42. The van der Waals surface area contributed by atoms with E-state index in [0.717, 1.165) is 0 Å². The first-order chi connectivity index (χ1) is 6.18. The standard InChI is InChI=1S/C7H7ClN4O/c1-12-2-4(13)11-7-5(12)6(8)9-3-10-7/h3H,2H2,1H3,(H,9,10,11,13). The van der Waals surface area contributed by atoms with Gasteiger partial charge in [0.2, 0.25) is 5.91 Å². The first-order valence-corrected chi connectivity index (χ1v) is 4.08. The van der Waals surface area contributed by atoms with Gasteiger partial charge in [0.25, 0.3) is 0 Å². The fraction of sp³-hybridized carbons (Fsp3) is 0.286. The normalized spacial score (nSPS) is 15.2. The Hall–Kier alpha value is -1.36. The summed E-state index contributed by atoms with van der Waals surface area (Å²) < 4.78 is 0. The number of amides is 1. The van der Waals surface area contributed by atoms with E-state index in [1.807, 2.05) is 0 Å². The fourth-order valence-electron chi connectivity index (χ4n) is 1.25. The maximum Gasteiger partial charge on any atom is 0.245 e. The van der Waals surface area contributed by atoms with Crippen molar-refractivity contribution in [3.63, 3.8) is 0 Å². The van der Waals surface area contributed by atoms with E-state index in [1.54, 1.807) is 11.9 Å². The van der Waals surface area contributed by atoms with Gasteiger partial charge >= 0.3 is 0 Å². The molecule has 0 bridgehead atoms. The molecule has 0 radical (unpaired) electrons. The van der Waals surface area contributed by atoms with Crippen LogP contribution in [0.1, 0.15) is 0 Å². The van der Waals surface area contributed by atoms with Crippen molar-refractivity contribution in [1.29, 1.82) is 0 Å². The summed E-state index contributed by atoms with van der Waals surface area (Å²) in [5, 5.41) is 2.97. The lowest BCUT2D eigenvalue weighted by Crippen LogP contribution is -2.36. The van der Waals surface area contributed by atoms with Crippen LogP contribution in [0.25, 0.3) is 0 Å². The second kappa shape index (κ2) is 2.85. The first kappa shape index (κ1) is 8.25. The summed E-state index contributed by atoms with van der Waals surface area (Å²) in [6, 6.07) is 0. The van der Waals surface area contributed by atoms with Gasteiger partial charge in [-0.2, -0.15) is 0 Å². The van der Waals surface area contributed by atoms with E-state index in [1.165, 1.54) is 6.33 Å². The number of aromatic nitrogens is 2. The molecular formula is C7H7ClN4O. The lowest BCUT2D eigenvalue weighted by Gasteiger charge is -2.26. The highest BCUT2D eigenvalue weighted by Crippen LogP contribution is 2.31. The molecular weight excluding hydrogens is 192 g/mol. The summed E-state index contributed by atoms with van der Waals surface area (Å²) in [5.74, 6) is 0.378. The van der Waals surface area contributed by atoms with E-state index in [2.05, 4.69) is 15.3 Å². The Balaban J connectivity index is 2.55. The smallest absolute Gasteiger partial charge is 0.245 e. The molecule has 1 aromatic heterocycles. The third kappa shape index (κ3) is 1.31. The van der Waals surface area contributed by atoms with Crippen LogP contribution in [0.4, 0.5) is 11.5 Å². The van der Waals surface area contributed by atoms with Gasteiger partial charge in [0.05, 0.1) is 6.54 Å². The molecule has 2 rings (SSSR count). The zero-order valence-electron chi connectivity index (χ0n) is 6.91. The molecule has 0 atom stereocenters. The zero-order valence-corrected chi connectivity index (χ0v) is 7.67. The van der Waals surface area contributed by atoms with Crippen LogP contribution in [-0.4, -0.2) is 29.5 Å². The summed E-state index contributed by atoms with van der Waals surface area (Å²) in [5.41, 5.74) is 0.670. The van der Waals surface area contributed by atoms with Crippen molar-refractivity contribution in [2.24, 2.45) is 0 Å². The lowest BCUT2D eigenvalue weighted by molar-refractivity contribution is -0.115. The van der Waals surface area contributed by atoms with E-state index < -0.39 is 0 Å². The van der Waals surface area contributed by atoms with Crippen molar-refractivity contribution >= 4 is 29.0 Å². The molecule has 2 heterocycles. The number of carbonyl (C=O) groups excluding carboxylic acids is 1. The molecule has 0 spiro atoms. The molecule has 1 amide bonds. The molecule has 0 saturated heterocycles. The van der Waals surface area contributed by atoms with Crippen molar-refractivity contribution in [2.45, 2.75) is 0 Å². The molecule has 0 aromatic carbocycles. The number of likely N-dealkylation sites (N-methyl/N-ethyl adjacent to an activating group) is 1. The molecule has 0 aliphatic carbocycles. The van der Waals surface area contributed by atoms with E-state index >= 15 is 0 Å². The lowest BCUT2D eigenvalue weighted by atomic mass is 10.3. The molecule has 1 aliphatic heterocycles. The van der Waals surface area contributed by atoms with E-state index in [9.17, 15) is 4.79 Å². The average molecular weight is 199 g/mol. The van der Waals surface area contributed by atoms with Crippen LogP contribution in [0.5, 0.6) is 0 Å². The topological polar surface area (TPSA) is 58.1 Å². The fourth-order valence-corrected chi connectivity index (χ4v) is 1.53. The summed E-state index contributed by atoms with van der Waals surface area (Å²) in [6.45, 7) is 0.278. The third-order valence-electron chi connectivity index (χ3n) is 1.80. The Morgan fingerprint density at radius 3 is 3.15 bits per heavy atom. The highest BCUT2D eigenvalue weighted by molar-refractivity contribution is 6.33. The molecule has 6 heteroatoms. The minimum atomic E-state index is -0.0928.